The molecule has 2 aliphatic rings. The summed E-state index contributed by atoms with van der Waals surface area (Å²) in [6.45, 7) is 1.59. The summed E-state index contributed by atoms with van der Waals surface area (Å²) >= 11 is 0. The minimum Gasteiger partial charge on any atom is -0.507 e. The number of nitrogens with zero attached hydrogens (tertiary/aromatic N) is 2. The van der Waals surface area contributed by atoms with Crippen molar-refractivity contribution in [2.24, 2.45) is 0 Å². The van der Waals surface area contributed by atoms with Crippen LogP contribution < -0.4 is 14.2 Å². The van der Waals surface area contributed by atoms with Gasteiger partial charge in [-0.25, -0.2) is 0 Å². The van der Waals surface area contributed by atoms with E-state index in [9.17, 15) is 19.8 Å². The number of methoxy groups -OCH3 is 1. The molecule has 2 aromatic carbocycles. The van der Waals surface area contributed by atoms with Gasteiger partial charge in [0, 0.05) is 18.7 Å². The van der Waals surface area contributed by atoms with Gasteiger partial charge in [-0.2, -0.15) is 0 Å². The number of carbonyl (C=O) groups is 2. The number of rotatable bonds is 6. The smallest absolute Gasteiger partial charge is 0.295 e. The van der Waals surface area contributed by atoms with Crippen LogP contribution in [0.25, 0.3) is 5.76 Å². The zero-order chi connectivity index (χ0) is 23.7. The van der Waals surface area contributed by atoms with Crippen molar-refractivity contribution in [2.75, 3.05) is 47.5 Å². The number of phenolic OH excluding ortho intramolecular Hbond substituents is 1. The van der Waals surface area contributed by atoms with Crippen LogP contribution in [0.1, 0.15) is 17.2 Å². The number of phenols is 1. The maximum Gasteiger partial charge on any atom is 0.295 e. The third kappa shape index (κ3) is 4.19. The van der Waals surface area contributed by atoms with Gasteiger partial charge in [0.1, 0.15) is 19.0 Å². The number of hydrogen-bond acceptors (Lipinski definition) is 8. The molecule has 0 bridgehead atoms. The summed E-state index contributed by atoms with van der Waals surface area (Å²) in [6, 6.07) is 8.61. The van der Waals surface area contributed by atoms with Crippen LogP contribution in [0, 0.1) is 0 Å². The molecule has 4 rings (SSSR count). The summed E-state index contributed by atoms with van der Waals surface area (Å²) < 4.78 is 16.3. The van der Waals surface area contributed by atoms with Crippen molar-refractivity contribution in [3.05, 3.63) is 53.1 Å². The predicted molar refractivity (Wildman–Crippen MR) is 120 cm³/mol. The Labute approximate surface area is 191 Å². The van der Waals surface area contributed by atoms with Gasteiger partial charge in [0.15, 0.2) is 23.0 Å². The van der Waals surface area contributed by atoms with Crippen molar-refractivity contribution in [3.63, 3.8) is 0 Å². The van der Waals surface area contributed by atoms with Crippen LogP contribution in [0.4, 0.5) is 0 Å². The first kappa shape index (κ1) is 22.5. The van der Waals surface area contributed by atoms with Crippen molar-refractivity contribution in [1.29, 1.82) is 0 Å². The second-order valence-corrected chi connectivity index (χ2v) is 8.09. The van der Waals surface area contributed by atoms with E-state index in [-0.39, 0.29) is 29.4 Å². The quantitative estimate of drug-likeness (QED) is 0.388. The molecule has 2 N–H and O–H groups in total. The molecule has 0 aliphatic carbocycles. The molecule has 0 spiro atoms. The largest absolute Gasteiger partial charge is 0.507 e. The number of aromatic hydroxyl groups is 1. The number of ketones is 1. The molecule has 174 valence electrons. The highest BCUT2D eigenvalue weighted by Gasteiger charge is 2.46. The first-order chi connectivity index (χ1) is 15.8. The molecule has 1 atom stereocenters. The molecule has 1 saturated heterocycles. The van der Waals surface area contributed by atoms with Gasteiger partial charge in [-0.05, 0) is 50.0 Å². The van der Waals surface area contributed by atoms with E-state index >= 15 is 0 Å². The molecule has 2 heterocycles. The van der Waals surface area contributed by atoms with Crippen molar-refractivity contribution in [3.8, 4) is 23.0 Å². The zero-order valence-corrected chi connectivity index (χ0v) is 18.7. The molecule has 1 unspecified atom stereocenters. The summed E-state index contributed by atoms with van der Waals surface area (Å²) in [5, 5.41) is 21.2. The van der Waals surface area contributed by atoms with Crippen LogP contribution in [0.2, 0.25) is 0 Å². The zero-order valence-electron chi connectivity index (χ0n) is 18.7. The summed E-state index contributed by atoms with van der Waals surface area (Å²) in [6.07, 6.45) is 0. The highest BCUT2D eigenvalue weighted by Crippen LogP contribution is 2.42. The number of likely N-dealkylation sites (tertiary alicyclic amines) is 1. The Balaban J connectivity index is 1.85. The van der Waals surface area contributed by atoms with Crippen LogP contribution in [-0.2, 0) is 9.59 Å². The number of amides is 1. The van der Waals surface area contributed by atoms with Crippen molar-refractivity contribution in [2.45, 2.75) is 6.04 Å². The first-order valence-electron chi connectivity index (χ1n) is 10.5. The van der Waals surface area contributed by atoms with Gasteiger partial charge in [0.05, 0.1) is 18.7 Å². The van der Waals surface area contributed by atoms with E-state index in [0.717, 1.165) is 0 Å². The SMILES string of the molecule is COc1cc(C2/C(=C(\O)c3ccc4c(c3)OCCO4)C(=O)C(=O)N2CCN(C)C)ccc1O. The van der Waals surface area contributed by atoms with Crippen LogP contribution >= 0.6 is 0 Å². The average molecular weight is 454 g/mol. The second-order valence-electron chi connectivity index (χ2n) is 8.09. The maximum absolute atomic E-state index is 13.1. The van der Waals surface area contributed by atoms with Crippen LogP contribution in [0.3, 0.4) is 0 Å². The van der Waals surface area contributed by atoms with Crippen molar-refractivity contribution >= 4 is 17.4 Å². The van der Waals surface area contributed by atoms with Gasteiger partial charge in [-0.1, -0.05) is 6.07 Å². The Morgan fingerprint density at radius 2 is 1.85 bits per heavy atom. The number of fused-ring (bicyclic) bond motifs is 1. The second kappa shape index (κ2) is 9.03. The van der Waals surface area contributed by atoms with E-state index in [0.29, 0.717) is 42.4 Å². The van der Waals surface area contributed by atoms with E-state index < -0.39 is 17.7 Å². The van der Waals surface area contributed by atoms with E-state index in [1.807, 2.05) is 19.0 Å². The molecule has 0 saturated carbocycles. The standard InChI is InChI=1S/C24H26N2O7/c1-25(2)8-9-26-21(14-4-6-16(27)18(12-14)31-3)20(23(29)24(26)30)22(28)15-5-7-17-19(13-15)33-11-10-32-17/h4-7,12-13,21,27-28H,8-11H2,1-3H3/b22-20+. The minimum absolute atomic E-state index is 0.0387. The number of ether oxygens (including phenoxy) is 3. The minimum atomic E-state index is -0.854. The number of hydrogen-bond donors (Lipinski definition) is 2. The fourth-order valence-electron chi connectivity index (χ4n) is 3.98. The third-order valence-electron chi connectivity index (χ3n) is 5.66. The number of aliphatic hydroxyl groups is 1. The fourth-order valence-corrected chi connectivity index (χ4v) is 3.98. The normalized spacial score (nSPS) is 19.3. The molecule has 1 amide bonds. The third-order valence-corrected chi connectivity index (χ3v) is 5.66. The molecule has 0 aromatic heterocycles. The number of likely N-dealkylation sites (N-methyl/N-ethyl adjacent to an activating group) is 1. The van der Waals surface area contributed by atoms with Gasteiger partial charge < -0.3 is 34.2 Å². The average Bonchev–Trinajstić information content (AvgIpc) is 3.07. The Morgan fingerprint density at radius 1 is 1.12 bits per heavy atom. The van der Waals surface area contributed by atoms with E-state index in [1.54, 1.807) is 30.3 Å². The van der Waals surface area contributed by atoms with Gasteiger partial charge in [-0.15, -0.1) is 0 Å². The Hall–Kier alpha value is -3.72. The van der Waals surface area contributed by atoms with E-state index in [1.165, 1.54) is 18.1 Å². The van der Waals surface area contributed by atoms with Crippen LogP contribution in [0.15, 0.2) is 42.0 Å². The molecule has 2 aromatic rings. The van der Waals surface area contributed by atoms with Crippen molar-refractivity contribution in [1.82, 2.24) is 9.80 Å². The molecule has 9 heteroatoms. The highest BCUT2D eigenvalue weighted by atomic mass is 16.6. The highest BCUT2D eigenvalue weighted by molar-refractivity contribution is 6.46. The Kier molecular flexibility index (Phi) is 6.15. The molecule has 2 aliphatic heterocycles. The topological polar surface area (TPSA) is 109 Å². The number of benzene rings is 2. The molecule has 1 fully saturated rings. The van der Waals surface area contributed by atoms with Gasteiger partial charge in [0.25, 0.3) is 11.7 Å². The Morgan fingerprint density at radius 3 is 2.55 bits per heavy atom. The van der Waals surface area contributed by atoms with Gasteiger partial charge in [0.2, 0.25) is 0 Å². The lowest BCUT2D eigenvalue weighted by atomic mass is 9.94. The first-order valence-corrected chi connectivity index (χ1v) is 10.5. The summed E-state index contributed by atoms with van der Waals surface area (Å²) in [4.78, 5) is 29.4. The molecule has 9 nitrogen and oxygen atoms in total. The lowest BCUT2D eigenvalue weighted by Gasteiger charge is -2.27. The molecular formula is C24H26N2O7. The van der Waals surface area contributed by atoms with Gasteiger partial charge in [-0.3, -0.25) is 9.59 Å². The lowest BCUT2D eigenvalue weighted by Crippen LogP contribution is -2.35. The predicted octanol–water partition coefficient (Wildman–Crippen LogP) is 2.16. The fraction of sp³-hybridized carbons (Fsp3) is 0.333. The van der Waals surface area contributed by atoms with Crippen LogP contribution in [-0.4, -0.2) is 79.2 Å². The molecule has 33 heavy (non-hydrogen) atoms. The number of carbonyl (C=O) groups excluding carboxylic acids is 2. The molecule has 0 radical (unpaired) electrons. The molecular weight excluding hydrogens is 428 g/mol. The van der Waals surface area contributed by atoms with E-state index in [4.69, 9.17) is 14.2 Å². The monoisotopic (exact) mass is 454 g/mol. The summed E-state index contributed by atoms with van der Waals surface area (Å²) in [7, 11) is 5.14. The summed E-state index contributed by atoms with van der Waals surface area (Å²) in [5.41, 5.74) is 0.825. The number of Topliss-reactive ketones (excluding diaryl/α,β-unsaturated/α-hetero) is 1. The maximum atomic E-state index is 13.1. The van der Waals surface area contributed by atoms with Gasteiger partial charge >= 0.3 is 0 Å². The lowest BCUT2D eigenvalue weighted by molar-refractivity contribution is -0.140. The summed E-state index contributed by atoms with van der Waals surface area (Å²) in [5.74, 6) is -0.664. The van der Waals surface area contributed by atoms with E-state index in [2.05, 4.69) is 0 Å². The Bertz CT molecular complexity index is 1130. The van der Waals surface area contributed by atoms with Crippen molar-refractivity contribution < 1.29 is 34.0 Å². The van der Waals surface area contributed by atoms with Crippen LogP contribution in [0.5, 0.6) is 23.0 Å². The number of aliphatic hydroxyl groups excluding tert-OH is 1.